The molecule has 0 N–H and O–H groups in total. The van der Waals surface area contributed by atoms with Crippen molar-refractivity contribution in [1.29, 1.82) is 0 Å². The van der Waals surface area contributed by atoms with E-state index in [1.54, 1.807) is 0 Å². The Labute approximate surface area is 95.3 Å². The van der Waals surface area contributed by atoms with E-state index in [1.165, 1.54) is 19.3 Å². The molecule has 0 radical (unpaired) electrons. The molecule has 2 nitrogen and oxygen atoms in total. The molecule has 92 valence electrons. The SMILES string of the molecule is CCCCCOCCOCCC(C)(C)C. The molecule has 2 heteroatoms. The molecule has 0 saturated carbocycles. The van der Waals surface area contributed by atoms with E-state index in [1.807, 2.05) is 0 Å². The molecule has 0 aromatic heterocycles. The molecule has 0 fully saturated rings. The average molecular weight is 216 g/mol. The minimum absolute atomic E-state index is 0.377. The first kappa shape index (κ1) is 14.9. The molecule has 15 heavy (non-hydrogen) atoms. The Bertz CT molecular complexity index is 127. The van der Waals surface area contributed by atoms with Crippen molar-refractivity contribution < 1.29 is 9.47 Å². The highest BCUT2D eigenvalue weighted by Gasteiger charge is 2.08. The summed E-state index contributed by atoms with van der Waals surface area (Å²) in [6, 6.07) is 0. The molecule has 0 aromatic rings. The Morgan fingerprint density at radius 2 is 1.40 bits per heavy atom. The molecule has 0 rings (SSSR count). The zero-order valence-electron chi connectivity index (χ0n) is 11.0. The summed E-state index contributed by atoms with van der Waals surface area (Å²) < 4.78 is 10.9. The smallest absolute Gasteiger partial charge is 0.0700 e. The summed E-state index contributed by atoms with van der Waals surface area (Å²) in [6.07, 6.45) is 4.82. The molecule has 0 aliphatic heterocycles. The fraction of sp³-hybridized carbons (Fsp3) is 1.00. The first-order chi connectivity index (χ1) is 7.06. The van der Waals surface area contributed by atoms with Crippen LogP contribution in [0, 0.1) is 5.41 Å². The van der Waals surface area contributed by atoms with E-state index in [0.717, 1.165) is 32.8 Å². The third-order valence-corrected chi connectivity index (χ3v) is 2.26. The van der Waals surface area contributed by atoms with Crippen LogP contribution in [0.25, 0.3) is 0 Å². The molecule has 0 heterocycles. The van der Waals surface area contributed by atoms with Crippen LogP contribution in [0.1, 0.15) is 53.4 Å². The second kappa shape index (κ2) is 9.17. The second-order valence-corrected chi connectivity index (χ2v) is 5.24. The number of ether oxygens (including phenoxy) is 2. The van der Waals surface area contributed by atoms with Crippen molar-refractivity contribution in [2.24, 2.45) is 5.41 Å². The van der Waals surface area contributed by atoms with Crippen molar-refractivity contribution in [3.05, 3.63) is 0 Å². The minimum atomic E-state index is 0.377. The summed E-state index contributed by atoms with van der Waals surface area (Å²) in [5, 5.41) is 0. The van der Waals surface area contributed by atoms with Crippen LogP contribution >= 0.6 is 0 Å². The van der Waals surface area contributed by atoms with E-state index in [0.29, 0.717) is 5.41 Å². The summed E-state index contributed by atoms with van der Waals surface area (Å²) in [4.78, 5) is 0. The number of rotatable bonds is 9. The summed E-state index contributed by atoms with van der Waals surface area (Å²) in [6.45, 7) is 12.1. The van der Waals surface area contributed by atoms with Crippen molar-refractivity contribution in [1.82, 2.24) is 0 Å². The van der Waals surface area contributed by atoms with E-state index in [-0.39, 0.29) is 0 Å². The first-order valence-corrected chi connectivity index (χ1v) is 6.22. The maximum Gasteiger partial charge on any atom is 0.0700 e. The summed E-state index contributed by atoms with van der Waals surface area (Å²) >= 11 is 0. The standard InChI is InChI=1S/C13H28O2/c1-5-6-7-9-14-11-12-15-10-8-13(2,3)4/h5-12H2,1-4H3. The highest BCUT2D eigenvalue weighted by atomic mass is 16.5. The van der Waals surface area contributed by atoms with Gasteiger partial charge in [0.2, 0.25) is 0 Å². The number of unbranched alkanes of at least 4 members (excludes halogenated alkanes) is 2. The van der Waals surface area contributed by atoms with E-state index in [9.17, 15) is 0 Å². The van der Waals surface area contributed by atoms with Crippen molar-refractivity contribution in [3.63, 3.8) is 0 Å². The van der Waals surface area contributed by atoms with Gasteiger partial charge in [-0.15, -0.1) is 0 Å². The lowest BCUT2D eigenvalue weighted by Crippen LogP contribution is -2.12. The van der Waals surface area contributed by atoms with Crippen LogP contribution < -0.4 is 0 Å². The van der Waals surface area contributed by atoms with Crippen molar-refractivity contribution >= 4 is 0 Å². The normalized spacial score (nSPS) is 12.0. The molecular formula is C13H28O2. The summed E-state index contributed by atoms with van der Waals surface area (Å²) in [7, 11) is 0. The van der Waals surface area contributed by atoms with Crippen LogP contribution in [0.15, 0.2) is 0 Å². The van der Waals surface area contributed by atoms with Crippen molar-refractivity contribution in [3.8, 4) is 0 Å². The van der Waals surface area contributed by atoms with Crippen molar-refractivity contribution in [2.75, 3.05) is 26.4 Å². The van der Waals surface area contributed by atoms with Gasteiger partial charge in [-0.05, 0) is 18.3 Å². The Balaban J connectivity index is 2.99. The lowest BCUT2D eigenvalue weighted by atomic mass is 9.93. The van der Waals surface area contributed by atoms with Crippen LogP contribution in [0.3, 0.4) is 0 Å². The average Bonchev–Trinajstić information content (AvgIpc) is 2.14. The van der Waals surface area contributed by atoms with Gasteiger partial charge in [-0.2, -0.15) is 0 Å². The Morgan fingerprint density at radius 1 is 0.800 bits per heavy atom. The van der Waals surface area contributed by atoms with Crippen LogP contribution in [0.5, 0.6) is 0 Å². The molecule has 0 aliphatic rings. The van der Waals surface area contributed by atoms with Gasteiger partial charge in [0.1, 0.15) is 0 Å². The van der Waals surface area contributed by atoms with E-state index in [2.05, 4.69) is 27.7 Å². The maximum atomic E-state index is 5.49. The Hall–Kier alpha value is -0.0800. The topological polar surface area (TPSA) is 18.5 Å². The highest BCUT2D eigenvalue weighted by Crippen LogP contribution is 2.17. The van der Waals surface area contributed by atoms with Gasteiger partial charge < -0.3 is 9.47 Å². The monoisotopic (exact) mass is 216 g/mol. The van der Waals surface area contributed by atoms with E-state index < -0.39 is 0 Å². The number of hydrogen-bond donors (Lipinski definition) is 0. The molecule has 0 aromatic carbocycles. The maximum absolute atomic E-state index is 5.49. The predicted molar refractivity (Wildman–Crippen MR) is 65.2 cm³/mol. The van der Waals surface area contributed by atoms with E-state index in [4.69, 9.17) is 9.47 Å². The van der Waals surface area contributed by atoms with Gasteiger partial charge in [-0.3, -0.25) is 0 Å². The lowest BCUT2D eigenvalue weighted by Gasteiger charge is -2.17. The van der Waals surface area contributed by atoms with Gasteiger partial charge in [0.15, 0.2) is 0 Å². The fourth-order valence-electron chi connectivity index (χ4n) is 1.15. The third kappa shape index (κ3) is 13.9. The lowest BCUT2D eigenvalue weighted by molar-refractivity contribution is 0.0376. The summed E-state index contributed by atoms with van der Waals surface area (Å²) in [5.74, 6) is 0. The molecule has 0 bridgehead atoms. The zero-order valence-corrected chi connectivity index (χ0v) is 11.0. The molecular weight excluding hydrogens is 188 g/mol. The second-order valence-electron chi connectivity index (χ2n) is 5.24. The first-order valence-electron chi connectivity index (χ1n) is 6.22. The van der Waals surface area contributed by atoms with Gasteiger partial charge in [0.05, 0.1) is 13.2 Å². The van der Waals surface area contributed by atoms with Crippen molar-refractivity contribution in [2.45, 2.75) is 53.4 Å². The van der Waals surface area contributed by atoms with Crippen LogP contribution in [0.2, 0.25) is 0 Å². The van der Waals surface area contributed by atoms with Gasteiger partial charge in [-0.25, -0.2) is 0 Å². The van der Waals surface area contributed by atoms with Gasteiger partial charge in [-0.1, -0.05) is 40.5 Å². The molecule has 0 unspecified atom stereocenters. The number of hydrogen-bond acceptors (Lipinski definition) is 2. The third-order valence-electron chi connectivity index (χ3n) is 2.26. The van der Waals surface area contributed by atoms with Crippen LogP contribution in [0.4, 0.5) is 0 Å². The molecule has 0 aliphatic carbocycles. The molecule has 0 saturated heterocycles. The largest absolute Gasteiger partial charge is 0.379 e. The predicted octanol–water partition coefficient (Wildman–Crippen LogP) is 3.65. The van der Waals surface area contributed by atoms with E-state index >= 15 is 0 Å². The van der Waals surface area contributed by atoms with Gasteiger partial charge in [0.25, 0.3) is 0 Å². The Morgan fingerprint density at radius 3 is 1.93 bits per heavy atom. The molecule has 0 amide bonds. The van der Waals surface area contributed by atoms with Crippen LogP contribution in [-0.2, 0) is 9.47 Å². The molecule has 0 spiro atoms. The van der Waals surface area contributed by atoms with Gasteiger partial charge >= 0.3 is 0 Å². The fourth-order valence-corrected chi connectivity index (χ4v) is 1.15. The van der Waals surface area contributed by atoms with Crippen LogP contribution in [-0.4, -0.2) is 26.4 Å². The molecule has 0 atom stereocenters. The Kier molecular flexibility index (Phi) is 9.12. The highest BCUT2D eigenvalue weighted by molar-refractivity contribution is 4.59. The summed E-state index contributed by atoms with van der Waals surface area (Å²) in [5.41, 5.74) is 0.377. The zero-order chi connectivity index (χ0) is 11.6. The van der Waals surface area contributed by atoms with Gasteiger partial charge in [0, 0.05) is 13.2 Å². The minimum Gasteiger partial charge on any atom is -0.379 e. The quantitative estimate of drug-likeness (QED) is 0.548.